The van der Waals surface area contributed by atoms with Crippen LogP contribution in [0.25, 0.3) is 10.9 Å². The van der Waals surface area contributed by atoms with Gasteiger partial charge in [0.25, 0.3) is 0 Å². The molecule has 1 unspecified atom stereocenters. The molecule has 1 aliphatic carbocycles. The molecule has 196 valence electrons. The van der Waals surface area contributed by atoms with E-state index in [1.807, 2.05) is 37.8 Å². The zero-order chi connectivity index (χ0) is 26.2. The Morgan fingerprint density at radius 1 is 1.24 bits per heavy atom. The predicted molar refractivity (Wildman–Crippen MR) is 139 cm³/mol. The van der Waals surface area contributed by atoms with Crippen molar-refractivity contribution in [3.63, 3.8) is 0 Å². The third-order valence-corrected chi connectivity index (χ3v) is 6.67. The van der Waals surface area contributed by atoms with E-state index in [9.17, 15) is 9.18 Å². The third kappa shape index (κ3) is 6.05. The highest BCUT2D eigenvalue weighted by Gasteiger charge is 2.37. The second kappa shape index (κ2) is 10.3. The van der Waals surface area contributed by atoms with Crippen LogP contribution in [-0.2, 0) is 9.53 Å². The van der Waals surface area contributed by atoms with Crippen LogP contribution in [0, 0.1) is 11.7 Å². The number of carbonyl (C=O) groups excluding carboxylic acids is 1. The van der Waals surface area contributed by atoms with E-state index in [1.165, 1.54) is 18.5 Å². The number of benzene rings is 2. The Bertz CT molecular complexity index is 1320. The summed E-state index contributed by atoms with van der Waals surface area (Å²) in [5, 5.41) is 3.91. The first-order chi connectivity index (χ1) is 17.7. The lowest BCUT2D eigenvalue weighted by Gasteiger charge is -2.40. The summed E-state index contributed by atoms with van der Waals surface area (Å²) in [6.45, 7) is 7.09. The number of carbonyl (C=O) groups is 1. The highest BCUT2D eigenvalue weighted by molar-refractivity contribution is 6.31. The maximum atomic E-state index is 13.7. The molecule has 0 spiro atoms. The maximum Gasteiger partial charge on any atom is 0.320 e. The molecule has 1 aliphatic heterocycles. The average Bonchev–Trinajstić information content (AvgIpc) is 3.67. The number of esters is 1. The summed E-state index contributed by atoms with van der Waals surface area (Å²) in [5.74, 6) is 1.41. The van der Waals surface area contributed by atoms with Crippen LogP contribution in [0.3, 0.4) is 0 Å². The maximum absolute atomic E-state index is 13.7. The molecular weight excluding hydrogens is 499 g/mol. The van der Waals surface area contributed by atoms with E-state index in [0.717, 1.165) is 12.8 Å². The van der Waals surface area contributed by atoms with Crippen molar-refractivity contribution in [2.45, 2.75) is 51.9 Å². The number of rotatable bonds is 9. The fourth-order valence-electron chi connectivity index (χ4n) is 4.42. The van der Waals surface area contributed by atoms with E-state index in [-0.39, 0.29) is 23.8 Å². The van der Waals surface area contributed by atoms with Crippen LogP contribution in [0.4, 0.5) is 15.9 Å². The number of fused-ring (bicyclic) bond motifs is 1. The lowest BCUT2D eigenvalue weighted by molar-refractivity contribution is -0.177. The molecule has 2 aromatic carbocycles. The fraction of sp³-hybridized carbons (Fsp3) is 0.444. The van der Waals surface area contributed by atoms with Crippen molar-refractivity contribution < 1.29 is 23.4 Å². The molecular formula is C27H30ClFN4O4. The van der Waals surface area contributed by atoms with Gasteiger partial charge in [-0.1, -0.05) is 18.5 Å². The van der Waals surface area contributed by atoms with Gasteiger partial charge in [-0.15, -0.1) is 0 Å². The second-order valence-corrected chi connectivity index (χ2v) is 10.6. The number of cyclic esters (lactones) is 1. The highest BCUT2D eigenvalue weighted by Crippen LogP contribution is 2.38. The van der Waals surface area contributed by atoms with Gasteiger partial charge in [-0.2, -0.15) is 0 Å². The van der Waals surface area contributed by atoms with Crippen LogP contribution >= 0.6 is 11.6 Å². The van der Waals surface area contributed by atoms with Crippen LogP contribution in [0.2, 0.25) is 5.02 Å². The van der Waals surface area contributed by atoms with Crippen molar-refractivity contribution in [3.05, 3.63) is 47.5 Å². The van der Waals surface area contributed by atoms with Crippen LogP contribution in [0.5, 0.6) is 11.5 Å². The third-order valence-electron chi connectivity index (χ3n) is 6.38. The van der Waals surface area contributed by atoms with Gasteiger partial charge >= 0.3 is 5.97 Å². The van der Waals surface area contributed by atoms with E-state index in [0.29, 0.717) is 59.4 Å². The smallest absolute Gasteiger partial charge is 0.320 e. The molecule has 3 aromatic rings. The standard InChI is InChI=1S/C27H30ClFN4O4/c1-4-24(33-12-25(34)37-27(2,3)14-33)36-23-10-18-21(11-22(23)35-13-16-5-6-16)30-15-31-26(18)32-17-7-8-20(29)19(28)9-17/h7-11,15-16,24H,4-6,12-14H2,1-3H3,(H,30,31,32). The first-order valence-corrected chi connectivity index (χ1v) is 12.8. The van der Waals surface area contributed by atoms with Crippen molar-refractivity contribution in [3.8, 4) is 11.5 Å². The molecule has 2 heterocycles. The fourth-order valence-corrected chi connectivity index (χ4v) is 4.60. The molecule has 0 amide bonds. The van der Waals surface area contributed by atoms with Crippen LogP contribution in [0.15, 0.2) is 36.7 Å². The Balaban J connectivity index is 1.49. The summed E-state index contributed by atoms with van der Waals surface area (Å²) < 4.78 is 31.8. The van der Waals surface area contributed by atoms with Crippen LogP contribution in [-0.4, -0.2) is 52.4 Å². The Morgan fingerprint density at radius 3 is 2.76 bits per heavy atom. The zero-order valence-corrected chi connectivity index (χ0v) is 21.8. The number of halogens is 2. The van der Waals surface area contributed by atoms with Gasteiger partial charge in [0.05, 0.1) is 23.7 Å². The van der Waals surface area contributed by atoms with Gasteiger partial charge in [-0.3, -0.25) is 9.69 Å². The monoisotopic (exact) mass is 528 g/mol. The molecule has 2 fully saturated rings. The van der Waals surface area contributed by atoms with Gasteiger partial charge in [0.15, 0.2) is 17.7 Å². The van der Waals surface area contributed by atoms with Gasteiger partial charge < -0.3 is 19.5 Å². The Hall–Kier alpha value is -3.17. The molecule has 1 atom stereocenters. The number of anilines is 2. The molecule has 1 saturated heterocycles. The number of morpholine rings is 1. The minimum absolute atomic E-state index is 0.0110. The molecule has 1 saturated carbocycles. The summed E-state index contributed by atoms with van der Waals surface area (Å²) in [6.07, 6.45) is 4.04. The topological polar surface area (TPSA) is 85.8 Å². The zero-order valence-electron chi connectivity index (χ0n) is 21.1. The molecule has 0 radical (unpaired) electrons. The number of hydrogen-bond acceptors (Lipinski definition) is 8. The largest absolute Gasteiger partial charge is 0.489 e. The highest BCUT2D eigenvalue weighted by atomic mass is 35.5. The summed E-state index contributed by atoms with van der Waals surface area (Å²) >= 11 is 5.97. The molecule has 10 heteroatoms. The van der Waals surface area contributed by atoms with Crippen molar-refractivity contribution >= 4 is 40.0 Å². The van der Waals surface area contributed by atoms with Crippen LogP contribution < -0.4 is 14.8 Å². The molecule has 1 N–H and O–H groups in total. The van der Waals surface area contributed by atoms with E-state index in [4.69, 9.17) is 25.8 Å². The van der Waals surface area contributed by atoms with E-state index >= 15 is 0 Å². The number of hydrogen-bond donors (Lipinski definition) is 1. The quantitative estimate of drug-likeness (QED) is 0.354. The Morgan fingerprint density at radius 2 is 2.05 bits per heavy atom. The summed E-state index contributed by atoms with van der Waals surface area (Å²) in [5.41, 5.74) is 0.644. The molecule has 1 aromatic heterocycles. The summed E-state index contributed by atoms with van der Waals surface area (Å²) in [6, 6.07) is 8.08. The van der Waals surface area contributed by atoms with E-state index in [1.54, 1.807) is 6.07 Å². The molecule has 8 nitrogen and oxygen atoms in total. The minimum atomic E-state index is -0.609. The number of nitrogens with one attached hydrogen (secondary N) is 1. The van der Waals surface area contributed by atoms with Crippen LogP contribution in [0.1, 0.15) is 40.0 Å². The van der Waals surface area contributed by atoms with Gasteiger partial charge in [0.1, 0.15) is 23.6 Å². The van der Waals surface area contributed by atoms with Gasteiger partial charge in [0.2, 0.25) is 0 Å². The van der Waals surface area contributed by atoms with E-state index in [2.05, 4.69) is 15.3 Å². The van der Waals surface area contributed by atoms with Crippen molar-refractivity contribution in [1.29, 1.82) is 0 Å². The summed E-state index contributed by atoms with van der Waals surface area (Å²) in [7, 11) is 0. The lowest BCUT2D eigenvalue weighted by atomic mass is 10.1. The van der Waals surface area contributed by atoms with Gasteiger partial charge in [-0.25, -0.2) is 14.4 Å². The average molecular weight is 529 g/mol. The Labute approximate surface area is 220 Å². The van der Waals surface area contributed by atoms with Gasteiger partial charge in [-0.05, 0) is 63.3 Å². The Kier molecular flexibility index (Phi) is 7.09. The molecule has 0 bridgehead atoms. The second-order valence-electron chi connectivity index (χ2n) is 10.2. The molecule has 37 heavy (non-hydrogen) atoms. The molecule has 2 aliphatic rings. The lowest BCUT2D eigenvalue weighted by Crippen LogP contribution is -2.55. The van der Waals surface area contributed by atoms with E-state index < -0.39 is 11.4 Å². The SMILES string of the molecule is CCC(Oc1cc2c(Nc3ccc(F)c(Cl)c3)ncnc2cc1OCC1CC1)N1CC(=O)OC(C)(C)C1. The first kappa shape index (κ1) is 25.5. The van der Waals surface area contributed by atoms with Crippen molar-refractivity contribution in [2.24, 2.45) is 5.92 Å². The number of nitrogens with zero attached hydrogens (tertiary/aromatic N) is 3. The predicted octanol–water partition coefficient (Wildman–Crippen LogP) is 5.71. The van der Waals surface area contributed by atoms with Crippen molar-refractivity contribution in [2.75, 3.05) is 25.0 Å². The van der Waals surface area contributed by atoms with Gasteiger partial charge in [0, 0.05) is 23.7 Å². The molecule has 5 rings (SSSR count). The first-order valence-electron chi connectivity index (χ1n) is 12.5. The number of ether oxygens (including phenoxy) is 3. The summed E-state index contributed by atoms with van der Waals surface area (Å²) in [4.78, 5) is 23.1. The van der Waals surface area contributed by atoms with Crippen molar-refractivity contribution in [1.82, 2.24) is 14.9 Å². The minimum Gasteiger partial charge on any atom is -0.489 e. The number of aromatic nitrogens is 2. The normalized spacial score (nSPS) is 18.4.